The normalized spacial score (nSPS) is 19.9. The van der Waals surface area contributed by atoms with Crippen molar-refractivity contribution >= 4 is 29.2 Å². The summed E-state index contributed by atoms with van der Waals surface area (Å²) >= 11 is 12.3. The minimum absolute atomic E-state index is 0.163. The van der Waals surface area contributed by atoms with Crippen LogP contribution in [0.5, 0.6) is 0 Å². The molecule has 0 atom stereocenters. The fraction of sp³-hybridized carbons (Fsp3) is 0.667. The Balaban J connectivity index is 1.51. The van der Waals surface area contributed by atoms with Gasteiger partial charge in [-0.25, -0.2) is 0 Å². The van der Waals surface area contributed by atoms with Gasteiger partial charge in [0.05, 0.1) is 28.7 Å². The van der Waals surface area contributed by atoms with Gasteiger partial charge < -0.3 is 14.4 Å². The molecule has 1 aromatic carbocycles. The lowest BCUT2D eigenvalue weighted by Gasteiger charge is -2.35. The summed E-state index contributed by atoms with van der Waals surface area (Å²) in [6.07, 6.45) is 7.33. The molecule has 0 unspecified atom stereocenters. The quantitative estimate of drug-likeness (QED) is 0.450. The third kappa shape index (κ3) is 5.38. The average molecular weight is 414 g/mol. The van der Waals surface area contributed by atoms with E-state index in [9.17, 15) is 4.79 Å². The van der Waals surface area contributed by atoms with Crippen molar-refractivity contribution in [1.29, 1.82) is 0 Å². The van der Waals surface area contributed by atoms with Gasteiger partial charge in [-0.05, 0) is 56.5 Å². The van der Waals surface area contributed by atoms with Crippen LogP contribution in [0.15, 0.2) is 18.2 Å². The van der Waals surface area contributed by atoms with E-state index in [0.717, 1.165) is 44.2 Å². The van der Waals surface area contributed by atoms with Crippen LogP contribution in [0.3, 0.4) is 0 Å². The van der Waals surface area contributed by atoms with Crippen LogP contribution in [0.2, 0.25) is 10.0 Å². The molecule has 1 aliphatic carbocycles. The van der Waals surface area contributed by atoms with E-state index in [1.165, 1.54) is 25.9 Å². The molecule has 1 aliphatic heterocycles. The summed E-state index contributed by atoms with van der Waals surface area (Å²) in [5.41, 5.74) is 0.304. The molecule has 1 saturated heterocycles. The van der Waals surface area contributed by atoms with Gasteiger partial charge in [0.25, 0.3) is 0 Å². The van der Waals surface area contributed by atoms with Crippen LogP contribution in [0, 0.1) is 0 Å². The summed E-state index contributed by atoms with van der Waals surface area (Å²) in [6, 6.07) is 5.50. The van der Waals surface area contributed by atoms with Crippen LogP contribution in [-0.4, -0.2) is 50.3 Å². The van der Waals surface area contributed by atoms with Crippen molar-refractivity contribution < 1.29 is 14.3 Å². The van der Waals surface area contributed by atoms with Gasteiger partial charge in [0.1, 0.15) is 6.61 Å². The van der Waals surface area contributed by atoms with Crippen molar-refractivity contribution in [1.82, 2.24) is 4.90 Å². The van der Waals surface area contributed by atoms with Crippen LogP contribution in [0.1, 0.15) is 50.5 Å². The summed E-state index contributed by atoms with van der Waals surface area (Å²) in [6.45, 7) is 4.73. The Morgan fingerprint density at radius 1 is 0.963 bits per heavy atom. The zero-order chi connectivity index (χ0) is 19.1. The Bertz CT molecular complexity index is 626. The van der Waals surface area contributed by atoms with Gasteiger partial charge >= 0.3 is 5.97 Å². The van der Waals surface area contributed by atoms with E-state index in [1.807, 2.05) is 12.1 Å². The van der Waals surface area contributed by atoms with Crippen molar-refractivity contribution in [2.24, 2.45) is 0 Å². The Hall–Kier alpha value is -0.810. The van der Waals surface area contributed by atoms with E-state index >= 15 is 0 Å². The molecule has 1 aromatic rings. The SMILES string of the molecule is O=C(OCCOCCN1CCCC1)C1(c2ccc(Cl)c(Cl)c2)CCCCC1. The van der Waals surface area contributed by atoms with Crippen LogP contribution in [0.4, 0.5) is 0 Å². The number of esters is 1. The first kappa shape index (κ1) is 20.9. The first-order chi connectivity index (χ1) is 13.1. The van der Waals surface area contributed by atoms with Crippen LogP contribution in [0.25, 0.3) is 0 Å². The summed E-state index contributed by atoms with van der Waals surface area (Å²) in [4.78, 5) is 15.4. The van der Waals surface area contributed by atoms with Gasteiger partial charge in [0.2, 0.25) is 0 Å². The minimum Gasteiger partial charge on any atom is -0.463 e. The molecule has 4 nitrogen and oxygen atoms in total. The molecule has 3 rings (SSSR count). The number of carbonyl (C=O) groups is 1. The molecule has 0 radical (unpaired) electrons. The number of benzene rings is 1. The predicted octanol–water partition coefficient (Wildman–Crippen LogP) is 4.85. The Morgan fingerprint density at radius 3 is 2.41 bits per heavy atom. The molecular formula is C21H29Cl2NO3. The standard InChI is InChI=1S/C21H29Cl2NO3/c22-18-7-6-17(16-19(18)23)21(8-2-1-3-9-21)20(25)27-15-14-26-13-12-24-10-4-5-11-24/h6-7,16H,1-5,8-15H2. The number of carbonyl (C=O) groups excluding carboxylic acids is 1. The molecule has 0 aromatic heterocycles. The predicted molar refractivity (Wildman–Crippen MR) is 109 cm³/mol. The second-order valence-corrected chi connectivity index (χ2v) is 8.38. The minimum atomic E-state index is -0.609. The van der Waals surface area contributed by atoms with Crippen molar-refractivity contribution in [2.75, 3.05) is 39.5 Å². The monoisotopic (exact) mass is 413 g/mol. The smallest absolute Gasteiger partial charge is 0.316 e. The topological polar surface area (TPSA) is 38.8 Å². The molecule has 2 fully saturated rings. The first-order valence-corrected chi connectivity index (χ1v) is 10.8. The summed E-state index contributed by atoms with van der Waals surface area (Å²) in [5.74, 6) is -0.163. The number of ether oxygens (including phenoxy) is 2. The maximum Gasteiger partial charge on any atom is 0.316 e. The van der Waals surface area contributed by atoms with Crippen molar-refractivity contribution in [3.63, 3.8) is 0 Å². The molecule has 27 heavy (non-hydrogen) atoms. The van der Waals surface area contributed by atoms with Gasteiger partial charge in [0, 0.05) is 6.54 Å². The number of hydrogen-bond acceptors (Lipinski definition) is 4. The summed E-state index contributed by atoms with van der Waals surface area (Å²) in [7, 11) is 0. The zero-order valence-corrected chi connectivity index (χ0v) is 17.4. The number of nitrogens with zero attached hydrogens (tertiary/aromatic N) is 1. The maximum absolute atomic E-state index is 13.0. The van der Waals surface area contributed by atoms with E-state index in [0.29, 0.717) is 29.9 Å². The Morgan fingerprint density at radius 2 is 1.70 bits per heavy atom. The first-order valence-electron chi connectivity index (χ1n) is 10.0. The molecule has 1 heterocycles. The molecule has 1 saturated carbocycles. The molecule has 0 amide bonds. The van der Waals surface area contributed by atoms with E-state index in [4.69, 9.17) is 32.7 Å². The van der Waals surface area contributed by atoms with E-state index in [2.05, 4.69) is 4.90 Å². The molecule has 0 N–H and O–H groups in total. The van der Waals surface area contributed by atoms with Gasteiger partial charge in [-0.2, -0.15) is 0 Å². The highest BCUT2D eigenvalue weighted by Crippen LogP contribution is 2.42. The van der Waals surface area contributed by atoms with Gasteiger partial charge in [-0.3, -0.25) is 4.79 Å². The number of rotatable bonds is 8. The second-order valence-electron chi connectivity index (χ2n) is 7.57. The highest BCUT2D eigenvalue weighted by Gasteiger charge is 2.42. The summed E-state index contributed by atoms with van der Waals surface area (Å²) < 4.78 is 11.3. The second kappa shape index (κ2) is 10.1. The fourth-order valence-corrected chi connectivity index (χ4v) is 4.49. The Kier molecular flexibility index (Phi) is 7.83. The lowest BCUT2D eigenvalue weighted by Crippen LogP contribution is -2.40. The maximum atomic E-state index is 13.0. The highest BCUT2D eigenvalue weighted by molar-refractivity contribution is 6.42. The van der Waals surface area contributed by atoms with E-state index in [1.54, 1.807) is 6.07 Å². The van der Waals surface area contributed by atoms with Crippen molar-refractivity contribution in [3.05, 3.63) is 33.8 Å². The van der Waals surface area contributed by atoms with E-state index in [-0.39, 0.29) is 5.97 Å². The average Bonchev–Trinajstić information content (AvgIpc) is 3.20. The Labute approximate surface area is 172 Å². The molecule has 6 heteroatoms. The van der Waals surface area contributed by atoms with Gasteiger partial charge in [0.15, 0.2) is 0 Å². The molecule has 150 valence electrons. The lowest BCUT2D eigenvalue weighted by atomic mass is 9.69. The highest BCUT2D eigenvalue weighted by atomic mass is 35.5. The third-order valence-electron chi connectivity index (χ3n) is 5.78. The molecule has 0 spiro atoms. The van der Waals surface area contributed by atoms with Crippen LogP contribution in [-0.2, 0) is 19.7 Å². The van der Waals surface area contributed by atoms with Crippen LogP contribution < -0.4 is 0 Å². The van der Waals surface area contributed by atoms with E-state index < -0.39 is 5.41 Å². The third-order valence-corrected chi connectivity index (χ3v) is 6.52. The lowest BCUT2D eigenvalue weighted by molar-refractivity contribution is -0.153. The molecular weight excluding hydrogens is 385 g/mol. The number of halogens is 2. The van der Waals surface area contributed by atoms with Gasteiger partial charge in [-0.15, -0.1) is 0 Å². The molecule has 0 bridgehead atoms. The number of hydrogen-bond donors (Lipinski definition) is 0. The number of likely N-dealkylation sites (tertiary alicyclic amines) is 1. The van der Waals surface area contributed by atoms with Gasteiger partial charge in [-0.1, -0.05) is 48.5 Å². The zero-order valence-electron chi connectivity index (χ0n) is 15.9. The largest absolute Gasteiger partial charge is 0.463 e. The molecule has 2 aliphatic rings. The fourth-order valence-electron chi connectivity index (χ4n) is 4.19. The van der Waals surface area contributed by atoms with Crippen molar-refractivity contribution in [2.45, 2.75) is 50.4 Å². The van der Waals surface area contributed by atoms with Crippen molar-refractivity contribution in [3.8, 4) is 0 Å². The summed E-state index contributed by atoms with van der Waals surface area (Å²) in [5, 5.41) is 0.989. The van der Waals surface area contributed by atoms with Crippen LogP contribution >= 0.6 is 23.2 Å².